The standard InChI is InChI=1S/C21H40N4O2/c1-10-14(2)21(22)11-18(16(4)17(5)23-9)25(13-21)15(3)12-24-19(26)27-20(6,7)8/h14,16,18,23H,3,5,10-13,22H2,1-2,4,6-9H3,(H,24,26)/t14?,16?,18-,21?/m0/s1. The van der Waals surface area contributed by atoms with Crippen LogP contribution in [0.5, 0.6) is 0 Å². The van der Waals surface area contributed by atoms with Crippen LogP contribution in [0.4, 0.5) is 4.79 Å². The summed E-state index contributed by atoms with van der Waals surface area (Å²) in [5.74, 6) is 0.606. The van der Waals surface area contributed by atoms with Crippen LogP contribution in [0, 0.1) is 11.8 Å². The molecule has 4 N–H and O–H groups in total. The number of nitrogens with two attached hydrogens (primary N) is 1. The third-order valence-corrected chi connectivity index (χ3v) is 5.74. The normalized spacial score (nSPS) is 24.9. The van der Waals surface area contributed by atoms with Crippen LogP contribution in [0.2, 0.25) is 0 Å². The zero-order valence-corrected chi connectivity index (χ0v) is 18.3. The van der Waals surface area contributed by atoms with Crippen molar-refractivity contribution in [3.63, 3.8) is 0 Å². The van der Waals surface area contributed by atoms with E-state index in [4.69, 9.17) is 10.5 Å². The van der Waals surface area contributed by atoms with E-state index in [1.54, 1.807) is 0 Å². The van der Waals surface area contributed by atoms with Crippen LogP contribution in [-0.4, -0.2) is 48.3 Å². The second-order valence-electron chi connectivity index (χ2n) is 8.93. The van der Waals surface area contributed by atoms with Crippen molar-refractivity contribution in [3.05, 3.63) is 24.6 Å². The van der Waals surface area contributed by atoms with Crippen molar-refractivity contribution >= 4 is 6.09 Å². The summed E-state index contributed by atoms with van der Waals surface area (Å²) in [6.07, 6.45) is 1.46. The third-order valence-electron chi connectivity index (χ3n) is 5.74. The Balaban J connectivity index is 2.90. The second kappa shape index (κ2) is 9.00. The summed E-state index contributed by atoms with van der Waals surface area (Å²) in [6, 6.07) is 0.192. The van der Waals surface area contributed by atoms with Gasteiger partial charge >= 0.3 is 6.09 Å². The molecule has 1 heterocycles. The topological polar surface area (TPSA) is 79.6 Å². The van der Waals surface area contributed by atoms with Crippen LogP contribution in [-0.2, 0) is 4.74 Å². The number of amides is 1. The van der Waals surface area contributed by atoms with E-state index >= 15 is 0 Å². The van der Waals surface area contributed by atoms with E-state index in [9.17, 15) is 4.79 Å². The van der Waals surface area contributed by atoms with Crippen molar-refractivity contribution in [1.29, 1.82) is 0 Å². The van der Waals surface area contributed by atoms with Gasteiger partial charge in [-0.3, -0.25) is 0 Å². The first-order chi connectivity index (χ1) is 12.3. The highest BCUT2D eigenvalue weighted by atomic mass is 16.6. The van der Waals surface area contributed by atoms with Crippen LogP contribution in [0.1, 0.15) is 54.4 Å². The van der Waals surface area contributed by atoms with Gasteiger partial charge in [-0.2, -0.15) is 0 Å². The Hall–Kier alpha value is -1.69. The number of nitrogens with one attached hydrogen (secondary N) is 2. The van der Waals surface area contributed by atoms with Gasteiger partial charge in [0.2, 0.25) is 0 Å². The molecule has 0 saturated carbocycles. The second-order valence-corrected chi connectivity index (χ2v) is 8.93. The SMILES string of the molecule is C=C(NC)C(C)[C@@H]1CC(N)(C(C)CC)CN1C(=C)CNC(=O)OC(C)(C)C. The predicted octanol–water partition coefficient (Wildman–Crippen LogP) is 3.21. The first kappa shape index (κ1) is 23.3. The molecule has 1 aliphatic rings. The number of hydrogen-bond donors (Lipinski definition) is 3. The summed E-state index contributed by atoms with van der Waals surface area (Å²) in [5.41, 5.74) is 7.82. The van der Waals surface area contributed by atoms with Crippen molar-refractivity contribution in [2.24, 2.45) is 17.6 Å². The summed E-state index contributed by atoms with van der Waals surface area (Å²) >= 11 is 0. The molecular weight excluding hydrogens is 340 g/mol. The maximum atomic E-state index is 12.0. The van der Waals surface area contributed by atoms with Gasteiger partial charge in [-0.15, -0.1) is 0 Å². The number of nitrogens with zero attached hydrogens (tertiary/aromatic N) is 1. The largest absolute Gasteiger partial charge is 0.444 e. The maximum absolute atomic E-state index is 12.0. The lowest BCUT2D eigenvalue weighted by molar-refractivity contribution is 0.0528. The molecule has 1 rings (SSSR count). The number of ether oxygens (including phenoxy) is 1. The molecule has 0 aliphatic carbocycles. The molecule has 0 spiro atoms. The fourth-order valence-electron chi connectivity index (χ4n) is 3.60. The van der Waals surface area contributed by atoms with Crippen LogP contribution >= 0.6 is 0 Å². The van der Waals surface area contributed by atoms with Crippen LogP contribution in [0.25, 0.3) is 0 Å². The van der Waals surface area contributed by atoms with Gasteiger partial charge in [0, 0.05) is 42.5 Å². The highest BCUT2D eigenvalue weighted by Gasteiger charge is 2.46. The van der Waals surface area contributed by atoms with Crippen molar-refractivity contribution in [1.82, 2.24) is 15.5 Å². The van der Waals surface area contributed by atoms with Gasteiger partial charge in [-0.05, 0) is 33.1 Å². The number of alkyl carbamates (subject to hydrolysis) is 1. The number of likely N-dealkylation sites (tertiary alicyclic amines) is 1. The van der Waals surface area contributed by atoms with Gasteiger partial charge in [0.05, 0.1) is 6.54 Å². The molecule has 1 saturated heterocycles. The molecule has 27 heavy (non-hydrogen) atoms. The maximum Gasteiger partial charge on any atom is 0.407 e. The molecule has 1 fully saturated rings. The van der Waals surface area contributed by atoms with E-state index in [0.29, 0.717) is 12.5 Å². The van der Waals surface area contributed by atoms with Gasteiger partial charge in [0.15, 0.2) is 0 Å². The zero-order chi connectivity index (χ0) is 21.0. The third kappa shape index (κ3) is 6.16. The molecule has 0 bridgehead atoms. The molecule has 1 aliphatic heterocycles. The fourth-order valence-corrected chi connectivity index (χ4v) is 3.60. The van der Waals surface area contributed by atoms with E-state index in [1.165, 1.54) is 0 Å². The molecule has 4 atom stereocenters. The fraction of sp³-hybridized carbons (Fsp3) is 0.762. The van der Waals surface area contributed by atoms with Crippen molar-refractivity contribution < 1.29 is 9.53 Å². The molecule has 6 heteroatoms. The first-order valence-corrected chi connectivity index (χ1v) is 9.91. The molecule has 0 aromatic carbocycles. The molecule has 156 valence electrons. The quantitative estimate of drug-likeness (QED) is 0.602. The van der Waals surface area contributed by atoms with E-state index in [0.717, 1.165) is 30.8 Å². The minimum Gasteiger partial charge on any atom is -0.444 e. The predicted molar refractivity (Wildman–Crippen MR) is 112 cm³/mol. The Morgan fingerprint density at radius 2 is 1.96 bits per heavy atom. The Morgan fingerprint density at radius 3 is 2.44 bits per heavy atom. The van der Waals surface area contributed by atoms with Crippen LogP contribution in [0.15, 0.2) is 24.6 Å². The lowest BCUT2D eigenvalue weighted by Crippen LogP contribution is -2.48. The van der Waals surface area contributed by atoms with Gasteiger partial charge in [0.1, 0.15) is 5.60 Å². The molecule has 1 amide bonds. The number of carbonyl (C=O) groups excluding carboxylic acids is 1. The Morgan fingerprint density at radius 1 is 1.37 bits per heavy atom. The van der Waals surface area contributed by atoms with Gasteiger partial charge in [-0.1, -0.05) is 40.3 Å². The number of carbonyl (C=O) groups is 1. The van der Waals surface area contributed by atoms with E-state index < -0.39 is 11.7 Å². The molecule has 0 radical (unpaired) electrons. The highest BCUT2D eigenvalue weighted by Crippen LogP contribution is 2.38. The van der Waals surface area contributed by atoms with E-state index in [-0.39, 0.29) is 17.5 Å². The average Bonchev–Trinajstić information content (AvgIpc) is 2.95. The molecular formula is C21H40N4O2. The summed E-state index contributed by atoms with van der Waals surface area (Å²) in [7, 11) is 1.89. The average molecular weight is 381 g/mol. The minimum atomic E-state index is -0.524. The Labute approximate surface area is 165 Å². The molecule has 3 unspecified atom stereocenters. The first-order valence-electron chi connectivity index (χ1n) is 9.91. The van der Waals surface area contributed by atoms with E-state index in [1.807, 2.05) is 27.8 Å². The van der Waals surface area contributed by atoms with Crippen molar-refractivity contribution in [2.45, 2.75) is 71.6 Å². The summed E-state index contributed by atoms with van der Waals surface area (Å²) in [4.78, 5) is 14.2. The lowest BCUT2D eigenvalue weighted by atomic mass is 9.80. The number of hydrogen-bond acceptors (Lipinski definition) is 5. The van der Waals surface area contributed by atoms with Crippen LogP contribution in [0.3, 0.4) is 0 Å². The Kier molecular flexibility index (Phi) is 7.78. The lowest BCUT2D eigenvalue weighted by Gasteiger charge is -2.34. The van der Waals surface area contributed by atoms with E-state index in [2.05, 4.69) is 49.5 Å². The summed E-state index contributed by atoms with van der Waals surface area (Å²) in [6.45, 7) is 21.5. The van der Waals surface area contributed by atoms with Crippen molar-refractivity contribution in [2.75, 3.05) is 20.1 Å². The van der Waals surface area contributed by atoms with Gasteiger partial charge in [0.25, 0.3) is 0 Å². The summed E-state index contributed by atoms with van der Waals surface area (Å²) in [5, 5.41) is 5.97. The minimum absolute atomic E-state index is 0.192. The summed E-state index contributed by atoms with van der Waals surface area (Å²) < 4.78 is 5.32. The highest BCUT2D eigenvalue weighted by molar-refractivity contribution is 5.67. The molecule has 0 aromatic rings. The smallest absolute Gasteiger partial charge is 0.407 e. The van der Waals surface area contributed by atoms with Gasteiger partial charge in [-0.25, -0.2) is 4.79 Å². The monoisotopic (exact) mass is 380 g/mol. The zero-order valence-electron chi connectivity index (χ0n) is 18.3. The van der Waals surface area contributed by atoms with Crippen molar-refractivity contribution in [3.8, 4) is 0 Å². The molecule has 6 nitrogen and oxygen atoms in total. The van der Waals surface area contributed by atoms with Crippen LogP contribution < -0.4 is 16.4 Å². The Bertz CT molecular complexity index is 555. The number of rotatable bonds is 8. The van der Waals surface area contributed by atoms with Gasteiger partial charge < -0.3 is 26.0 Å². The molecule has 0 aromatic heterocycles.